The molecule has 0 aliphatic heterocycles. The lowest BCUT2D eigenvalue weighted by Crippen LogP contribution is -2.24. The number of anilines is 1. The van der Waals surface area contributed by atoms with Crippen molar-refractivity contribution in [3.63, 3.8) is 0 Å². The first kappa shape index (κ1) is 15.5. The van der Waals surface area contributed by atoms with Crippen LogP contribution in [-0.4, -0.2) is 16.8 Å². The standard InChI is InChI=1S/C16H20N2O2S/c1-16(2,3)20-15-11(17)9-10-14(18-15)19-12-7-5-6-8-13(12)21-4/h5-10H,17H2,1-4H3. The number of hydrogen-bond acceptors (Lipinski definition) is 5. The van der Waals surface area contributed by atoms with Gasteiger partial charge in [-0.05, 0) is 45.2 Å². The summed E-state index contributed by atoms with van der Waals surface area (Å²) in [5.74, 6) is 1.62. The molecule has 112 valence electrons. The molecule has 0 saturated heterocycles. The van der Waals surface area contributed by atoms with E-state index in [1.807, 2.05) is 51.3 Å². The zero-order valence-electron chi connectivity index (χ0n) is 12.7. The van der Waals surface area contributed by atoms with E-state index in [2.05, 4.69) is 4.98 Å². The Kier molecular flexibility index (Phi) is 4.63. The van der Waals surface area contributed by atoms with Crippen LogP contribution in [0, 0.1) is 0 Å². The second kappa shape index (κ2) is 6.26. The van der Waals surface area contributed by atoms with E-state index in [1.54, 1.807) is 23.9 Å². The maximum atomic E-state index is 5.90. The smallest absolute Gasteiger partial charge is 0.241 e. The Labute approximate surface area is 129 Å². The first-order valence-corrected chi connectivity index (χ1v) is 7.88. The number of hydrogen-bond donors (Lipinski definition) is 1. The van der Waals surface area contributed by atoms with E-state index in [-0.39, 0.29) is 5.60 Å². The third-order valence-electron chi connectivity index (χ3n) is 2.55. The summed E-state index contributed by atoms with van der Waals surface area (Å²) in [4.78, 5) is 5.40. The Morgan fingerprint density at radius 2 is 1.81 bits per heavy atom. The molecule has 0 saturated carbocycles. The minimum atomic E-state index is -0.364. The molecule has 0 bridgehead atoms. The fourth-order valence-electron chi connectivity index (χ4n) is 1.68. The number of thioether (sulfide) groups is 1. The monoisotopic (exact) mass is 304 g/mol. The third-order valence-corrected chi connectivity index (χ3v) is 3.33. The number of nitrogens with two attached hydrogens (primary N) is 1. The average Bonchev–Trinajstić information content (AvgIpc) is 2.41. The summed E-state index contributed by atoms with van der Waals surface area (Å²) in [6, 6.07) is 11.3. The molecule has 0 fully saturated rings. The van der Waals surface area contributed by atoms with Crippen LogP contribution in [0.4, 0.5) is 5.69 Å². The summed E-state index contributed by atoms with van der Waals surface area (Å²) < 4.78 is 11.6. The molecule has 2 rings (SSSR count). The summed E-state index contributed by atoms with van der Waals surface area (Å²) in [5, 5.41) is 0. The number of nitrogens with zero attached hydrogens (tertiary/aromatic N) is 1. The molecule has 1 aromatic carbocycles. The molecule has 0 aliphatic rings. The van der Waals surface area contributed by atoms with Gasteiger partial charge in [-0.2, -0.15) is 4.98 Å². The van der Waals surface area contributed by atoms with Crippen LogP contribution >= 0.6 is 11.8 Å². The van der Waals surface area contributed by atoms with Gasteiger partial charge in [0.15, 0.2) is 0 Å². The summed E-state index contributed by atoms with van der Waals surface area (Å²) in [6.07, 6.45) is 2.01. The van der Waals surface area contributed by atoms with Crippen molar-refractivity contribution in [3.8, 4) is 17.5 Å². The Balaban J connectivity index is 2.27. The van der Waals surface area contributed by atoms with Crippen molar-refractivity contribution < 1.29 is 9.47 Å². The van der Waals surface area contributed by atoms with Crippen molar-refractivity contribution in [3.05, 3.63) is 36.4 Å². The van der Waals surface area contributed by atoms with Gasteiger partial charge >= 0.3 is 0 Å². The highest BCUT2D eigenvalue weighted by Crippen LogP contribution is 2.32. The molecule has 21 heavy (non-hydrogen) atoms. The van der Waals surface area contributed by atoms with Crippen LogP contribution in [-0.2, 0) is 0 Å². The second-order valence-electron chi connectivity index (χ2n) is 5.51. The van der Waals surface area contributed by atoms with Gasteiger partial charge in [-0.1, -0.05) is 12.1 Å². The molecule has 0 amide bonds. The Morgan fingerprint density at radius 1 is 1.10 bits per heavy atom. The molecule has 1 heterocycles. The number of pyridine rings is 1. The Hall–Kier alpha value is -1.88. The lowest BCUT2D eigenvalue weighted by atomic mass is 10.2. The predicted octanol–water partition coefficient (Wildman–Crippen LogP) is 4.36. The molecule has 0 radical (unpaired) electrons. The fourth-order valence-corrected chi connectivity index (χ4v) is 2.20. The van der Waals surface area contributed by atoms with Crippen LogP contribution in [0.25, 0.3) is 0 Å². The zero-order chi connectivity index (χ0) is 15.5. The summed E-state index contributed by atoms with van der Waals surface area (Å²) in [7, 11) is 0. The van der Waals surface area contributed by atoms with Gasteiger partial charge in [0.25, 0.3) is 0 Å². The van der Waals surface area contributed by atoms with Crippen LogP contribution in [0.5, 0.6) is 17.5 Å². The lowest BCUT2D eigenvalue weighted by molar-refractivity contribution is 0.124. The number of nitrogen functional groups attached to an aromatic ring is 1. The summed E-state index contributed by atoms with van der Waals surface area (Å²) in [6.45, 7) is 5.85. The normalized spacial score (nSPS) is 11.2. The zero-order valence-corrected chi connectivity index (χ0v) is 13.5. The van der Waals surface area contributed by atoms with Crippen molar-refractivity contribution >= 4 is 17.4 Å². The van der Waals surface area contributed by atoms with E-state index < -0.39 is 0 Å². The maximum absolute atomic E-state index is 5.90. The van der Waals surface area contributed by atoms with Crippen molar-refractivity contribution in [1.29, 1.82) is 0 Å². The molecule has 1 aromatic heterocycles. The molecule has 0 spiro atoms. The van der Waals surface area contributed by atoms with Crippen LogP contribution in [0.3, 0.4) is 0 Å². The lowest BCUT2D eigenvalue weighted by Gasteiger charge is -2.21. The maximum Gasteiger partial charge on any atom is 0.241 e. The average molecular weight is 304 g/mol. The molecular formula is C16H20N2O2S. The fraction of sp³-hybridized carbons (Fsp3) is 0.312. The number of rotatable bonds is 4. The molecule has 2 N–H and O–H groups in total. The number of benzene rings is 1. The van der Waals surface area contributed by atoms with Gasteiger partial charge in [0.2, 0.25) is 11.8 Å². The van der Waals surface area contributed by atoms with E-state index in [0.29, 0.717) is 17.4 Å². The molecule has 0 unspecified atom stereocenters. The van der Waals surface area contributed by atoms with Crippen LogP contribution in [0.2, 0.25) is 0 Å². The topological polar surface area (TPSA) is 57.4 Å². The van der Waals surface area contributed by atoms with E-state index in [4.69, 9.17) is 15.2 Å². The molecule has 0 aliphatic carbocycles. The molecular weight excluding hydrogens is 284 g/mol. The van der Waals surface area contributed by atoms with E-state index >= 15 is 0 Å². The minimum absolute atomic E-state index is 0.364. The van der Waals surface area contributed by atoms with Gasteiger partial charge in [-0.15, -0.1) is 11.8 Å². The van der Waals surface area contributed by atoms with Crippen molar-refractivity contribution in [2.24, 2.45) is 0 Å². The van der Waals surface area contributed by atoms with E-state index in [0.717, 1.165) is 10.6 Å². The molecule has 4 nitrogen and oxygen atoms in total. The number of aromatic nitrogens is 1. The third kappa shape index (κ3) is 4.29. The Morgan fingerprint density at radius 3 is 2.48 bits per heavy atom. The van der Waals surface area contributed by atoms with Crippen molar-refractivity contribution in [1.82, 2.24) is 4.98 Å². The van der Waals surface area contributed by atoms with Gasteiger partial charge in [-0.25, -0.2) is 0 Å². The van der Waals surface area contributed by atoms with Crippen LogP contribution < -0.4 is 15.2 Å². The first-order valence-electron chi connectivity index (χ1n) is 6.65. The van der Waals surface area contributed by atoms with Gasteiger partial charge in [0, 0.05) is 11.0 Å². The highest BCUT2D eigenvalue weighted by Gasteiger charge is 2.16. The Bertz CT molecular complexity index is 624. The predicted molar refractivity (Wildman–Crippen MR) is 87.3 cm³/mol. The summed E-state index contributed by atoms with van der Waals surface area (Å²) >= 11 is 1.62. The highest BCUT2D eigenvalue weighted by molar-refractivity contribution is 7.98. The van der Waals surface area contributed by atoms with Gasteiger partial charge in [-0.3, -0.25) is 0 Å². The number of ether oxygens (including phenoxy) is 2. The highest BCUT2D eigenvalue weighted by atomic mass is 32.2. The molecule has 2 aromatic rings. The van der Waals surface area contributed by atoms with E-state index in [9.17, 15) is 0 Å². The van der Waals surface area contributed by atoms with Gasteiger partial charge in [0.1, 0.15) is 11.4 Å². The van der Waals surface area contributed by atoms with Crippen molar-refractivity contribution in [2.45, 2.75) is 31.3 Å². The van der Waals surface area contributed by atoms with Crippen LogP contribution in [0.1, 0.15) is 20.8 Å². The molecule has 5 heteroatoms. The molecule has 0 atom stereocenters. The number of para-hydroxylation sites is 1. The largest absolute Gasteiger partial charge is 0.470 e. The minimum Gasteiger partial charge on any atom is -0.470 e. The summed E-state index contributed by atoms with van der Waals surface area (Å²) in [5.41, 5.74) is 6.03. The van der Waals surface area contributed by atoms with Crippen LogP contribution in [0.15, 0.2) is 41.3 Å². The van der Waals surface area contributed by atoms with E-state index in [1.165, 1.54) is 0 Å². The first-order chi connectivity index (χ1) is 9.89. The SMILES string of the molecule is CSc1ccccc1Oc1ccc(N)c(OC(C)(C)C)n1. The quantitative estimate of drug-likeness (QED) is 0.851. The van der Waals surface area contributed by atoms with Crippen molar-refractivity contribution in [2.75, 3.05) is 12.0 Å². The van der Waals surface area contributed by atoms with Gasteiger partial charge in [0.05, 0.1) is 5.69 Å². The second-order valence-corrected chi connectivity index (χ2v) is 6.36. The van der Waals surface area contributed by atoms with Gasteiger partial charge < -0.3 is 15.2 Å².